The number of carboxylic acid groups (broad SMARTS) is 1. The number of carbonyl (C=O) groups is 2. The van der Waals surface area contributed by atoms with Crippen LogP contribution < -0.4 is 22.9 Å². The average Bonchev–Trinajstić information content (AvgIpc) is 2.45. The predicted molar refractivity (Wildman–Crippen MR) is 99.6 cm³/mol. The molecule has 11 nitrogen and oxygen atoms in total. The molecule has 0 unspecified atom stereocenters. The number of amides is 1. The first-order chi connectivity index (χ1) is 11.9. The fourth-order valence-electron chi connectivity index (χ4n) is 2.05. The van der Waals surface area contributed by atoms with Crippen molar-refractivity contribution in [3.63, 3.8) is 0 Å². The zero-order valence-corrected chi connectivity index (χ0v) is 15.6. The summed E-state index contributed by atoms with van der Waals surface area (Å²) in [6.07, 6.45) is 0.573. The number of carboxylic acids is 1. The average molecular weight is 373 g/mol. The van der Waals surface area contributed by atoms with Gasteiger partial charge in [-0.05, 0) is 40.0 Å². The van der Waals surface area contributed by atoms with Crippen LogP contribution in [-0.2, 0) is 9.53 Å². The molecule has 0 aliphatic carbocycles. The van der Waals surface area contributed by atoms with E-state index in [1.165, 1.54) is 0 Å². The summed E-state index contributed by atoms with van der Waals surface area (Å²) in [4.78, 5) is 32.9. The topological polar surface area (TPSA) is 196 Å². The number of aliphatic carboxylic acids is 1. The molecule has 11 heteroatoms. The molecule has 0 aliphatic rings. The van der Waals surface area contributed by atoms with Crippen LogP contribution in [0.3, 0.4) is 0 Å². The summed E-state index contributed by atoms with van der Waals surface area (Å²) in [5.41, 5.74) is 20.3. The molecule has 150 valence electrons. The van der Waals surface area contributed by atoms with Crippen molar-refractivity contribution in [3.05, 3.63) is 0 Å². The Morgan fingerprint density at radius 2 is 1.58 bits per heavy atom. The van der Waals surface area contributed by atoms with Gasteiger partial charge >= 0.3 is 12.1 Å². The van der Waals surface area contributed by atoms with Gasteiger partial charge in [-0.15, -0.1) is 0 Å². The van der Waals surface area contributed by atoms with E-state index in [-0.39, 0.29) is 31.4 Å². The number of aliphatic imine (C=N–C) groups is 2. The lowest BCUT2D eigenvalue weighted by Gasteiger charge is -2.31. The lowest BCUT2D eigenvalue weighted by atomic mass is 10.1. The molecule has 1 atom stereocenters. The summed E-state index contributed by atoms with van der Waals surface area (Å²) in [5, 5.41) is 9.54. The number of hydrogen-bond acceptors (Lipinski definition) is 5. The van der Waals surface area contributed by atoms with Crippen molar-refractivity contribution in [3.8, 4) is 0 Å². The fourth-order valence-corrected chi connectivity index (χ4v) is 2.05. The van der Waals surface area contributed by atoms with Crippen molar-refractivity contribution in [2.75, 3.05) is 19.6 Å². The Hall–Kier alpha value is -2.72. The van der Waals surface area contributed by atoms with E-state index in [2.05, 4.69) is 9.98 Å². The first-order valence-corrected chi connectivity index (χ1v) is 8.27. The van der Waals surface area contributed by atoms with Crippen LogP contribution in [-0.4, -0.2) is 65.3 Å². The van der Waals surface area contributed by atoms with Gasteiger partial charge in [0.25, 0.3) is 0 Å². The van der Waals surface area contributed by atoms with Crippen molar-refractivity contribution in [2.45, 2.75) is 51.7 Å². The van der Waals surface area contributed by atoms with Crippen LogP contribution in [0.4, 0.5) is 4.79 Å². The minimum atomic E-state index is -1.14. The largest absolute Gasteiger partial charge is 0.480 e. The van der Waals surface area contributed by atoms with Crippen LogP contribution in [0.2, 0.25) is 0 Å². The summed E-state index contributed by atoms with van der Waals surface area (Å²) in [6, 6.07) is -1.07. The van der Waals surface area contributed by atoms with Crippen LogP contribution >= 0.6 is 0 Å². The van der Waals surface area contributed by atoms with Crippen LogP contribution in [0, 0.1) is 0 Å². The summed E-state index contributed by atoms with van der Waals surface area (Å²) < 4.78 is 5.31. The number of ether oxygens (including phenoxy) is 1. The molecule has 0 fully saturated rings. The zero-order chi connectivity index (χ0) is 20.3. The van der Waals surface area contributed by atoms with Gasteiger partial charge in [-0.2, -0.15) is 0 Å². The summed E-state index contributed by atoms with van der Waals surface area (Å²) in [5.74, 6) is -1.30. The predicted octanol–water partition coefficient (Wildman–Crippen LogP) is -0.606. The third-order valence-electron chi connectivity index (χ3n) is 3.10. The van der Waals surface area contributed by atoms with Crippen LogP contribution in [0.5, 0.6) is 0 Å². The lowest BCUT2D eigenvalue weighted by molar-refractivity contribution is -0.143. The molecular weight excluding hydrogens is 342 g/mol. The molecule has 0 aromatic rings. The van der Waals surface area contributed by atoms with Crippen LogP contribution in [0.15, 0.2) is 9.98 Å². The van der Waals surface area contributed by atoms with Gasteiger partial charge in [0.2, 0.25) is 0 Å². The Kier molecular flexibility index (Phi) is 9.85. The lowest BCUT2D eigenvalue weighted by Crippen LogP contribution is -2.48. The highest BCUT2D eigenvalue weighted by Gasteiger charge is 2.32. The highest BCUT2D eigenvalue weighted by molar-refractivity contribution is 5.80. The van der Waals surface area contributed by atoms with Crippen molar-refractivity contribution >= 4 is 24.0 Å². The van der Waals surface area contributed by atoms with E-state index in [1.54, 1.807) is 20.8 Å². The molecule has 0 heterocycles. The highest BCUT2D eigenvalue weighted by Crippen LogP contribution is 2.16. The molecule has 0 aromatic heterocycles. The van der Waals surface area contributed by atoms with E-state index >= 15 is 0 Å². The highest BCUT2D eigenvalue weighted by atomic mass is 16.6. The van der Waals surface area contributed by atoms with Gasteiger partial charge in [-0.3, -0.25) is 14.9 Å². The molecule has 0 aromatic carbocycles. The second-order valence-corrected chi connectivity index (χ2v) is 6.64. The maximum atomic E-state index is 12.4. The van der Waals surface area contributed by atoms with Gasteiger partial charge in [0.1, 0.15) is 11.6 Å². The Bertz CT molecular complexity index is 521. The van der Waals surface area contributed by atoms with E-state index < -0.39 is 23.7 Å². The molecule has 0 aliphatic heterocycles. The molecule has 0 radical (unpaired) electrons. The van der Waals surface area contributed by atoms with Crippen molar-refractivity contribution in [1.29, 1.82) is 0 Å². The van der Waals surface area contributed by atoms with E-state index in [0.717, 1.165) is 4.90 Å². The smallest absolute Gasteiger partial charge is 0.411 e. The molecule has 0 rings (SSSR count). The summed E-state index contributed by atoms with van der Waals surface area (Å²) >= 11 is 0. The van der Waals surface area contributed by atoms with Crippen LogP contribution in [0.25, 0.3) is 0 Å². The first kappa shape index (κ1) is 23.3. The number of unbranched alkanes of at least 4 members (excludes halogenated alkanes) is 1. The third kappa shape index (κ3) is 10.9. The van der Waals surface area contributed by atoms with E-state index in [9.17, 15) is 14.7 Å². The summed E-state index contributed by atoms with van der Waals surface area (Å²) in [7, 11) is 0. The number of nitrogens with two attached hydrogens (primary N) is 4. The molecular formula is C15H31N7O4. The molecule has 26 heavy (non-hydrogen) atoms. The number of guanidine groups is 2. The summed E-state index contributed by atoms with van der Waals surface area (Å²) in [6.45, 7) is 5.56. The minimum absolute atomic E-state index is 0.0116. The van der Waals surface area contributed by atoms with Gasteiger partial charge in [0.15, 0.2) is 11.9 Å². The SMILES string of the molecule is CC(C)(C)OC(=O)N(CCN=C(N)N)[C@H](CCCCN=C(N)N)C(=O)O. The quantitative estimate of drug-likeness (QED) is 0.190. The minimum Gasteiger partial charge on any atom is -0.480 e. The van der Waals surface area contributed by atoms with Crippen molar-refractivity contribution < 1.29 is 19.4 Å². The zero-order valence-electron chi connectivity index (χ0n) is 15.6. The Labute approximate surface area is 153 Å². The van der Waals surface area contributed by atoms with Crippen LogP contribution in [0.1, 0.15) is 40.0 Å². The number of nitrogens with zero attached hydrogens (tertiary/aromatic N) is 3. The first-order valence-electron chi connectivity index (χ1n) is 8.27. The van der Waals surface area contributed by atoms with Gasteiger partial charge in [0, 0.05) is 13.1 Å². The molecule has 0 spiro atoms. The van der Waals surface area contributed by atoms with Gasteiger partial charge < -0.3 is 32.8 Å². The number of hydrogen-bond donors (Lipinski definition) is 5. The molecule has 0 bridgehead atoms. The Morgan fingerprint density at radius 1 is 1.04 bits per heavy atom. The van der Waals surface area contributed by atoms with E-state index in [0.29, 0.717) is 19.4 Å². The van der Waals surface area contributed by atoms with Gasteiger partial charge in [-0.1, -0.05) is 0 Å². The second kappa shape index (κ2) is 11.0. The number of rotatable bonds is 10. The van der Waals surface area contributed by atoms with E-state index in [4.69, 9.17) is 27.7 Å². The van der Waals surface area contributed by atoms with Crippen molar-refractivity contribution in [1.82, 2.24) is 4.90 Å². The molecule has 0 saturated carbocycles. The van der Waals surface area contributed by atoms with Gasteiger partial charge in [-0.25, -0.2) is 9.59 Å². The maximum absolute atomic E-state index is 12.4. The monoisotopic (exact) mass is 373 g/mol. The Balaban J connectivity index is 5.08. The maximum Gasteiger partial charge on any atom is 0.411 e. The molecule has 9 N–H and O–H groups in total. The van der Waals surface area contributed by atoms with E-state index in [1.807, 2.05) is 0 Å². The molecule has 0 saturated heterocycles. The third-order valence-corrected chi connectivity index (χ3v) is 3.10. The standard InChI is InChI=1S/C15H31N7O4/c1-15(2,3)26-14(25)22(9-8-21-13(18)19)10(11(23)24)6-4-5-7-20-12(16)17/h10H,4-9H2,1-3H3,(H,23,24)(H4,16,17,20)(H4,18,19,21)/t10-/m1/s1. The number of carbonyl (C=O) groups excluding carboxylic acids is 1. The van der Waals surface area contributed by atoms with Crippen molar-refractivity contribution in [2.24, 2.45) is 32.9 Å². The fraction of sp³-hybridized carbons (Fsp3) is 0.733. The van der Waals surface area contributed by atoms with Gasteiger partial charge in [0.05, 0.1) is 6.54 Å². The second-order valence-electron chi connectivity index (χ2n) is 6.64. The Morgan fingerprint density at radius 3 is 2.04 bits per heavy atom. The molecule has 1 amide bonds. The normalized spacial score (nSPS) is 12.0.